The van der Waals surface area contributed by atoms with Crippen molar-refractivity contribution in [3.05, 3.63) is 77.0 Å². The van der Waals surface area contributed by atoms with Crippen LogP contribution in [0.5, 0.6) is 0 Å². The molecule has 5 aromatic rings. The molecule has 0 amide bonds. The Morgan fingerprint density at radius 3 is 2.27 bits per heavy atom. The van der Waals surface area contributed by atoms with Gasteiger partial charge in [0, 0.05) is 59.7 Å². The molecule has 213 valence electrons. The first-order valence-corrected chi connectivity index (χ1v) is 14.8. The minimum Gasteiger partial charge on any atom is -0.512 e. The van der Waals surface area contributed by atoms with E-state index in [1.807, 2.05) is 40.0 Å². The summed E-state index contributed by atoms with van der Waals surface area (Å²) in [5.74, 6) is 0.547. The van der Waals surface area contributed by atoms with E-state index in [4.69, 9.17) is 4.42 Å². The molecule has 0 atom stereocenters. The molecule has 1 radical (unpaired) electrons. The van der Waals surface area contributed by atoms with Crippen LogP contribution in [0.3, 0.4) is 0 Å². The molecule has 2 aromatic carbocycles. The van der Waals surface area contributed by atoms with Crippen LogP contribution < -0.4 is 0 Å². The van der Waals surface area contributed by atoms with Crippen LogP contribution in [0.4, 0.5) is 0 Å². The van der Waals surface area contributed by atoms with E-state index in [2.05, 4.69) is 60.6 Å². The number of aliphatic hydroxyl groups excluding tert-OH is 1. The van der Waals surface area contributed by atoms with Crippen molar-refractivity contribution in [1.82, 2.24) is 4.98 Å². The first-order chi connectivity index (χ1) is 18.8. The number of benzene rings is 2. The molecule has 4 nitrogen and oxygen atoms in total. The third kappa shape index (κ3) is 6.57. The van der Waals surface area contributed by atoms with Gasteiger partial charge in [0.05, 0.1) is 11.3 Å². The van der Waals surface area contributed by atoms with Crippen LogP contribution in [-0.4, -0.2) is 15.9 Å². The van der Waals surface area contributed by atoms with Crippen molar-refractivity contribution < 1.29 is 34.4 Å². The number of allylic oxidation sites excluding steroid dienone is 2. The van der Waals surface area contributed by atoms with Crippen molar-refractivity contribution in [2.45, 2.75) is 67.2 Å². The zero-order valence-electron chi connectivity index (χ0n) is 24.1. The van der Waals surface area contributed by atoms with Crippen molar-refractivity contribution in [3.8, 4) is 11.3 Å². The Hall–Kier alpha value is -2.79. The second-order valence-electron chi connectivity index (χ2n) is 10.1. The summed E-state index contributed by atoms with van der Waals surface area (Å²) in [4.78, 5) is 16.3. The van der Waals surface area contributed by atoms with Gasteiger partial charge in [0.15, 0.2) is 5.78 Å². The minimum atomic E-state index is 0. The fraction of sp³-hybridized carbons (Fsp3) is 0.353. The molecule has 0 saturated heterocycles. The monoisotopic (exact) mass is 733 g/mol. The number of carbonyl (C=O) groups excluding carboxylic acids is 1. The van der Waals surface area contributed by atoms with Crippen LogP contribution in [0, 0.1) is 31.7 Å². The average Bonchev–Trinajstić information content (AvgIpc) is 3.56. The number of nitrogens with zero attached hydrogens (tertiary/aromatic N) is 1. The van der Waals surface area contributed by atoms with Gasteiger partial charge < -0.3 is 14.5 Å². The van der Waals surface area contributed by atoms with Crippen LogP contribution in [0.2, 0.25) is 0 Å². The zero-order valence-corrected chi connectivity index (χ0v) is 27.3. The maximum absolute atomic E-state index is 11.7. The Bertz CT molecular complexity index is 1620. The topological polar surface area (TPSA) is 63.3 Å². The number of carbonyl (C=O) groups is 1. The number of thiophene rings is 1. The molecule has 0 bridgehead atoms. The van der Waals surface area contributed by atoms with E-state index in [0.717, 1.165) is 58.9 Å². The quantitative estimate of drug-likeness (QED) is 0.0980. The number of fused-ring (bicyclic) bond motifs is 5. The van der Waals surface area contributed by atoms with Crippen molar-refractivity contribution in [3.63, 3.8) is 0 Å². The number of aryl methyl sites for hydroxylation is 2. The SMILES string of the molecule is CCC(CC)C(=O)/C=C(\O)C(CC)CC.Cc1cnc(-c2[c-]ccc3c2oc2c4ccsc4ccc32)cc1C.[Ir]. The number of furan rings is 1. The van der Waals surface area contributed by atoms with Gasteiger partial charge in [0.2, 0.25) is 0 Å². The van der Waals surface area contributed by atoms with Gasteiger partial charge in [-0.3, -0.25) is 4.79 Å². The molecule has 0 saturated carbocycles. The van der Waals surface area contributed by atoms with Crippen LogP contribution >= 0.6 is 11.3 Å². The fourth-order valence-electron chi connectivity index (χ4n) is 4.97. The molecule has 3 aromatic heterocycles. The molecule has 1 N–H and O–H groups in total. The Labute approximate surface area is 254 Å². The molecule has 0 unspecified atom stereocenters. The zero-order chi connectivity index (χ0) is 28.1. The summed E-state index contributed by atoms with van der Waals surface area (Å²) in [5.41, 5.74) is 6.06. The minimum absolute atomic E-state index is 0. The second kappa shape index (κ2) is 14.2. The summed E-state index contributed by atoms with van der Waals surface area (Å²) in [5, 5.41) is 15.3. The van der Waals surface area contributed by atoms with E-state index in [1.54, 1.807) is 11.3 Å². The molecule has 0 fully saturated rings. The summed E-state index contributed by atoms with van der Waals surface area (Å²) in [6, 6.07) is 15.9. The van der Waals surface area contributed by atoms with Crippen LogP contribution in [0.25, 0.3) is 43.3 Å². The van der Waals surface area contributed by atoms with Gasteiger partial charge in [-0.25, -0.2) is 0 Å². The molecule has 0 aliphatic heterocycles. The summed E-state index contributed by atoms with van der Waals surface area (Å²) in [6.07, 6.45) is 6.82. The Balaban J connectivity index is 0.000000243. The van der Waals surface area contributed by atoms with E-state index in [0.29, 0.717) is 0 Å². The number of pyridine rings is 1. The first-order valence-electron chi connectivity index (χ1n) is 13.9. The smallest absolute Gasteiger partial charge is 0.162 e. The van der Waals surface area contributed by atoms with Crippen molar-refractivity contribution in [1.29, 1.82) is 0 Å². The molecule has 0 spiro atoms. The molecule has 5 rings (SSSR count). The Morgan fingerprint density at radius 2 is 1.62 bits per heavy atom. The summed E-state index contributed by atoms with van der Waals surface area (Å²) in [6.45, 7) is 12.3. The third-order valence-corrected chi connectivity index (χ3v) is 8.62. The van der Waals surface area contributed by atoms with Crippen LogP contribution in [0.15, 0.2) is 64.2 Å². The first kappa shape index (κ1) is 31.7. The largest absolute Gasteiger partial charge is 0.512 e. The van der Waals surface area contributed by atoms with E-state index < -0.39 is 0 Å². The maximum Gasteiger partial charge on any atom is 0.162 e. The van der Waals surface area contributed by atoms with Gasteiger partial charge in [0.25, 0.3) is 0 Å². The predicted molar refractivity (Wildman–Crippen MR) is 165 cm³/mol. The molecule has 3 heterocycles. The van der Waals surface area contributed by atoms with E-state index in [9.17, 15) is 9.90 Å². The molecule has 6 heteroatoms. The molecular weight excluding hydrogens is 695 g/mol. The fourth-order valence-corrected chi connectivity index (χ4v) is 5.76. The number of hydrogen-bond acceptors (Lipinski definition) is 5. The van der Waals surface area contributed by atoms with Crippen LogP contribution in [0.1, 0.15) is 64.5 Å². The predicted octanol–water partition coefficient (Wildman–Crippen LogP) is 10.1. The molecular formula is C34H38IrNO3S-. The van der Waals surface area contributed by atoms with Gasteiger partial charge in [-0.2, -0.15) is 0 Å². The van der Waals surface area contributed by atoms with Crippen molar-refractivity contribution >= 4 is 49.1 Å². The van der Waals surface area contributed by atoms with E-state index in [-0.39, 0.29) is 43.5 Å². The van der Waals surface area contributed by atoms with Gasteiger partial charge in [-0.05, 0) is 68.3 Å². The van der Waals surface area contributed by atoms with Crippen LogP contribution in [-0.2, 0) is 24.9 Å². The number of ketones is 1. The van der Waals surface area contributed by atoms with Crippen molar-refractivity contribution in [2.75, 3.05) is 0 Å². The molecule has 40 heavy (non-hydrogen) atoms. The standard InChI is InChI=1S/C21H14NOS.C13H24O2.Ir/c1-12-10-18(22-11-13(12)2)16-5-3-4-14-15-6-7-19-17(8-9-24-19)21(15)23-20(14)16;1-5-10(6-2)12(14)9-13(15)11(7-3)8-4;/h3-4,6-11H,1-2H3;9-11,14H,5-8H2,1-4H3;/q-1;;/b;12-9-;. The van der Waals surface area contributed by atoms with Gasteiger partial charge in [-0.15, -0.1) is 29.5 Å². The molecule has 0 aliphatic rings. The Kier molecular flexibility index (Phi) is 11.3. The van der Waals surface area contributed by atoms with Gasteiger partial charge in [0.1, 0.15) is 5.58 Å². The van der Waals surface area contributed by atoms with E-state index in [1.165, 1.54) is 27.3 Å². The van der Waals surface area contributed by atoms with Crippen molar-refractivity contribution in [2.24, 2.45) is 11.8 Å². The third-order valence-electron chi connectivity index (χ3n) is 7.74. The second-order valence-corrected chi connectivity index (χ2v) is 11.1. The normalized spacial score (nSPS) is 11.8. The summed E-state index contributed by atoms with van der Waals surface area (Å²) in [7, 11) is 0. The summed E-state index contributed by atoms with van der Waals surface area (Å²) < 4.78 is 7.56. The number of rotatable bonds is 8. The van der Waals surface area contributed by atoms with E-state index >= 15 is 0 Å². The van der Waals surface area contributed by atoms with Gasteiger partial charge in [-0.1, -0.05) is 56.3 Å². The number of hydrogen-bond donors (Lipinski definition) is 1. The number of aromatic nitrogens is 1. The molecule has 0 aliphatic carbocycles. The average molecular weight is 733 g/mol. The maximum atomic E-state index is 11.7. The van der Waals surface area contributed by atoms with Gasteiger partial charge >= 0.3 is 0 Å². The number of aliphatic hydroxyl groups is 1. The summed E-state index contributed by atoms with van der Waals surface area (Å²) >= 11 is 1.74. The Morgan fingerprint density at radius 1 is 0.950 bits per heavy atom.